The summed E-state index contributed by atoms with van der Waals surface area (Å²) in [6.07, 6.45) is 6.51. The zero-order valence-corrected chi connectivity index (χ0v) is 12.0. The van der Waals surface area contributed by atoms with Crippen molar-refractivity contribution in [1.29, 1.82) is 0 Å². The molecule has 2 unspecified atom stereocenters. The molecule has 2 saturated heterocycles. The van der Waals surface area contributed by atoms with E-state index in [1.165, 1.54) is 0 Å². The van der Waals surface area contributed by atoms with Crippen molar-refractivity contribution in [2.24, 2.45) is 0 Å². The number of nitrogens with one attached hydrogen (secondary N) is 1. The Morgan fingerprint density at radius 3 is 2.95 bits per heavy atom. The molecule has 0 aromatic carbocycles. The van der Waals surface area contributed by atoms with Crippen LogP contribution in [0.2, 0.25) is 0 Å². The van der Waals surface area contributed by atoms with Crippen molar-refractivity contribution < 1.29 is 9.47 Å². The lowest BCUT2D eigenvalue weighted by Crippen LogP contribution is -2.43. The van der Waals surface area contributed by atoms with Gasteiger partial charge in [-0.3, -0.25) is 4.98 Å². The van der Waals surface area contributed by atoms with Crippen LogP contribution in [0.3, 0.4) is 0 Å². The number of nitrogens with zero attached hydrogens (tertiary/aromatic N) is 2. The Kier molecular flexibility index (Phi) is 4.38. The maximum Gasteiger partial charge on any atom is 0.139 e. The van der Waals surface area contributed by atoms with Gasteiger partial charge < -0.3 is 19.7 Å². The molecule has 0 amide bonds. The summed E-state index contributed by atoms with van der Waals surface area (Å²) in [6, 6.07) is 2.08. The minimum atomic E-state index is 0.229. The van der Waals surface area contributed by atoms with Crippen molar-refractivity contribution in [2.45, 2.75) is 32.0 Å². The van der Waals surface area contributed by atoms with Gasteiger partial charge in [-0.05, 0) is 19.8 Å². The van der Waals surface area contributed by atoms with Gasteiger partial charge in [0.2, 0.25) is 0 Å². The molecule has 0 aliphatic carbocycles. The molecular formula is C15H23N3O2. The third-order valence-electron chi connectivity index (χ3n) is 3.94. The highest BCUT2D eigenvalue weighted by Crippen LogP contribution is 2.23. The van der Waals surface area contributed by atoms with Crippen LogP contribution in [0.25, 0.3) is 0 Å². The predicted molar refractivity (Wildman–Crippen MR) is 78.4 cm³/mol. The molecule has 0 saturated carbocycles. The van der Waals surface area contributed by atoms with Crippen LogP contribution in [0.1, 0.15) is 19.8 Å². The molecule has 0 bridgehead atoms. The normalized spacial score (nSPS) is 26.8. The van der Waals surface area contributed by atoms with E-state index in [9.17, 15) is 0 Å². The monoisotopic (exact) mass is 277 g/mol. The van der Waals surface area contributed by atoms with E-state index in [-0.39, 0.29) is 6.10 Å². The number of rotatable bonds is 4. The first-order chi connectivity index (χ1) is 9.81. The lowest BCUT2D eigenvalue weighted by Gasteiger charge is -2.29. The zero-order valence-electron chi connectivity index (χ0n) is 12.0. The minimum absolute atomic E-state index is 0.229. The van der Waals surface area contributed by atoms with Crippen molar-refractivity contribution in [3.05, 3.63) is 18.5 Å². The molecule has 0 spiro atoms. The summed E-state index contributed by atoms with van der Waals surface area (Å²) in [5, 5.41) is 3.36. The first-order valence-electron chi connectivity index (χ1n) is 7.50. The molecule has 1 N–H and O–H groups in total. The van der Waals surface area contributed by atoms with Gasteiger partial charge >= 0.3 is 0 Å². The van der Waals surface area contributed by atoms with Gasteiger partial charge in [-0.25, -0.2) is 0 Å². The predicted octanol–water partition coefficient (Wildman–Crippen LogP) is 1.44. The van der Waals surface area contributed by atoms with E-state index in [0.717, 1.165) is 50.5 Å². The highest BCUT2D eigenvalue weighted by atomic mass is 16.5. The lowest BCUT2D eigenvalue weighted by molar-refractivity contribution is 0.0264. The van der Waals surface area contributed by atoms with Gasteiger partial charge in [0.05, 0.1) is 30.3 Å². The third-order valence-corrected chi connectivity index (χ3v) is 3.94. The van der Waals surface area contributed by atoms with Crippen LogP contribution in [0.4, 0.5) is 5.69 Å². The average molecular weight is 277 g/mol. The Bertz CT molecular complexity index is 435. The van der Waals surface area contributed by atoms with E-state index in [1.54, 1.807) is 6.20 Å². The second-order valence-corrected chi connectivity index (χ2v) is 5.57. The van der Waals surface area contributed by atoms with Crippen LogP contribution in [-0.2, 0) is 4.74 Å². The quantitative estimate of drug-likeness (QED) is 0.902. The molecule has 3 rings (SSSR count). The van der Waals surface area contributed by atoms with Crippen LogP contribution >= 0.6 is 0 Å². The third kappa shape index (κ3) is 3.41. The first kappa shape index (κ1) is 13.6. The van der Waals surface area contributed by atoms with Crippen molar-refractivity contribution in [3.63, 3.8) is 0 Å². The standard InChI is InChI=1S/C15H23N3O2/c1-12-2-3-14(20-12)11-19-15-8-13(9-17-10-15)18-6-4-16-5-7-18/h8-10,12,14,16H,2-7,11H2,1H3. The fourth-order valence-corrected chi connectivity index (χ4v) is 2.78. The Morgan fingerprint density at radius 1 is 1.35 bits per heavy atom. The molecule has 3 heterocycles. The Balaban J connectivity index is 1.56. The van der Waals surface area contributed by atoms with Crippen LogP contribution in [-0.4, -0.2) is 50.0 Å². The number of piperazine rings is 1. The average Bonchev–Trinajstić information content (AvgIpc) is 2.92. The van der Waals surface area contributed by atoms with Crippen molar-refractivity contribution in [1.82, 2.24) is 10.3 Å². The molecule has 1 aromatic heterocycles. The van der Waals surface area contributed by atoms with Gasteiger partial charge in [-0.2, -0.15) is 0 Å². The molecule has 2 aliphatic heterocycles. The van der Waals surface area contributed by atoms with Gasteiger partial charge in [-0.15, -0.1) is 0 Å². The number of pyridine rings is 1. The number of ether oxygens (including phenoxy) is 2. The summed E-state index contributed by atoms with van der Waals surface area (Å²) < 4.78 is 11.6. The van der Waals surface area contributed by atoms with E-state index < -0.39 is 0 Å². The minimum Gasteiger partial charge on any atom is -0.489 e. The molecule has 110 valence electrons. The molecule has 20 heavy (non-hydrogen) atoms. The fraction of sp³-hybridized carbons (Fsp3) is 0.667. The summed E-state index contributed by atoms with van der Waals surface area (Å²) in [6.45, 7) is 6.84. The second kappa shape index (κ2) is 6.41. The summed E-state index contributed by atoms with van der Waals surface area (Å²) in [5.74, 6) is 0.837. The summed E-state index contributed by atoms with van der Waals surface area (Å²) in [4.78, 5) is 6.63. The van der Waals surface area contributed by atoms with Crippen LogP contribution in [0, 0.1) is 0 Å². The van der Waals surface area contributed by atoms with Gasteiger partial charge in [-0.1, -0.05) is 0 Å². The van der Waals surface area contributed by atoms with E-state index in [0.29, 0.717) is 12.7 Å². The summed E-state index contributed by atoms with van der Waals surface area (Å²) in [7, 11) is 0. The van der Waals surface area contributed by atoms with Gasteiger partial charge in [0.15, 0.2) is 0 Å². The SMILES string of the molecule is CC1CCC(COc2cncc(N3CCNCC3)c2)O1. The molecule has 0 radical (unpaired) electrons. The van der Waals surface area contributed by atoms with Crippen molar-refractivity contribution in [3.8, 4) is 5.75 Å². The van der Waals surface area contributed by atoms with Crippen molar-refractivity contribution >= 4 is 5.69 Å². The van der Waals surface area contributed by atoms with E-state index in [2.05, 4.69) is 28.2 Å². The van der Waals surface area contributed by atoms with Gasteiger partial charge in [0.25, 0.3) is 0 Å². The molecule has 2 atom stereocenters. The van der Waals surface area contributed by atoms with Crippen LogP contribution in [0.15, 0.2) is 18.5 Å². The largest absolute Gasteiger partial charge is 0.489 e. The number of hydrogen-bond donors (Lipinski definition) is 1. The van der Waals surface area contributed by atoms with E-state index in [1.807, 2.05) is 6.20 Å². The molecular weight excluding hydrogens is 254 g/mol. The fourth-order valence-electron chi connectivity index (χ4n) is 2.78. The van der Waals surface area contributed by atoms with Gasteiger partial charge in [0.1, 0.15) is 12.4 Å². The van der Waals surface area contributed by atoms with E-state index in [4.69, 9.17) is 9.47 Å². The molecule has 2 fully saturated rings. The topological polar surface area (TPSA) is 46.6 Å². The number of hydrogen-bond acceptors (Lipinski definition) is 5. The molecule has 5 heteroatoms. The maximum absolute atomic E-state index is 5.84. The van der Waals surface area contributed by atoms with Crippen LogP contribution < -0.4 is 15.0 Å². The molecule has 2 aliphatic rings. The highest BCUT2D eigenvalue weighted by Gasteiger charge is 2.22. The second-order valence-electron chi connectivity index (χ2n) is 5.57. The first-order valence-corrected chi connectivity index (χ1v) is 7.50. The number of aromatic nitrogens is 1. The summed E-state index contributed by atoms with van der Waals surface area (Å²) >= 11 is 0. The van der Waals surface area contributed by atoms with Crippen LogP contribution in [0.5, 0.6) is 5.75 Å². The highest BCUT2D eigenvalue weighted by molar-refractivity contribution is 5.48. The summed E-state index contributed by atoms with van der Waals surface area (Å²) in [5.41, 5.74) is 1.14. The smallest absolute Gasteiger partial charge is 0.139 e. The number of anilines is 1. The van der Waals surface area contributed by atoms with Crippen molar-refractivity contribution in [2.75, 3.05) is 37.7 Å². The Labute approximate surface area is 120 Å². The lowest BCUT2D eigenvalue weighted by atomic mass is 10.2. The Hall–Kier alpha value is -1.33. The van der Waals surface area contributed by atoms with Gasteiger partial charge in [0, 0.05) is 32.2 Å². The molecule has 1 aromatic rings. The zero-order chi connectivity index (χ0) is 13.8. The molecule has 5 nitrogen and oxygen atoms in total. The maximum atomic E-state index is 5.84. The Morgan fingerprint density at radius 2 is 2.20 bits per heavy atom. The van der Waals surface area contributed by atoms with E-state index >= 15 is 0 Å².